The summed E-state index contributed by atoms with van der Waals surface area (Å²) < 4.78 is 0. The van der Waals surface area contributed by atoms with Crippen molar-refractivity contribution in [3.63, 3.8) is 0 Å². The highest BCUT2D eigenvalue weighted by Crippen LogP contribution is 2.50. The SMILES string of the molecule is CC(C)Cc1cccc(C2(N)CCCC2(C)C)c1. The van der Waals surface area contributed by atoms with Crippen LogP contribution in [0.1, 0.15) is 58.1 Å². The van der Waals surface area contributed by atoms with Gasteiger partial charge in [-0.15, -0.1) is 0 Å². The zero-order chi connectivity index (χ0) is 13.4. The van der Waals surface area contributed by atoms with Crippen molar-refractivity contribution in [2.75, 3.05) is 0 Å². The standard InChI is InChI=1S/C17H27N/c1-13(2)11-14-7-5-8-15(12-14)17(18)10-6-9-16(17,3)4/h5,7-8,12-13H,6,9-11,18H2,1-4H3. The summed E-state index contributed by atoms with van der Waals surface area (Å²) in [5, 5.41) is 0. The lowest BCUT2D eigenvalue weighted by Crippen LogP contribution is -2.45. The molecule has 1 unspecified atom stereocenters. The fraction of sp³-hybridized carbons (Fsp3) is 0.647. The molecule has 0 aliphatic heterocycles. The molecule has 1 aliphatic rings. The summed E-state index contributed by atoms with van der Waals surface area (Å²) >= 11 is 0. The molecule has 0 saturated heterocycles. The molecule has 0 aromatic heterocycles. The van der Waals surface area contributed by atoms with Crippen LogP contribution in [0.15, 0.2) is 24.3 Å². The molecule has 0 heterocycles. The topological polar surface area (TPSA) is 26.0 Å². The smallest absolute Gasteiger partial charge is 0.0461 e. The van der Waals surface area contributed by atoms with Crippen molar-refractivity contribution in [1.29, 1.82) is 0 Å². The first-order chi connectivity index (χ1) is 8.35. The average Bonchev–Trinajstić information content (AvgIpc) is 2.54. The maximum absolute atomic E-state index is 6.76. The lowest BCUT2D eigenvalue weighted by atomic mass is 9.71. The van der Waals surface area contributed by atoms with Gasteiger partial charge in [0.05, 0.1) is 0 Å². The van der Waals surface area contributed by atoms with Gasteiger partial charge in [0, 0.05) is 5.54 Å². The van der Waals surface area contributed by atoms with Crippen LogP contribution in [0.3, 0.4) is 0 Å². The molecule has 2 N–H and O–H groups in total. The molecule has 1 heteroatoms. The quantitative estimate of drug-likeness (QED) is 0.846. The maximum Gasteiger partial charge on any atom is 0.0461 e. The highest BCUT2D eigenvalue weighted by molar-refractivity contribution is 5.32. The molecular formula is C17H27N. The van der Waals surface area contributed by atoms with Crippen molar-refractivity contribution in [2.45, 2.75) is 58.9 Å². The van der Waals surface area contributed by atoms with Gasteiger partial charge >= 0.3 is 0 Å². The van der Waals surface area contributed by atoms with E-state index in [9.17, 15) is 0 Å². The third-order valence-corrected chi connectivity index (χ3v) is 4.67. The van der Waals surface area contributed by atoms with Gasteiger partial charge in [-0.1, -0.05) is 58.4 Å². The zero-order valence-corrected chi connectivity index (χ0v) is 12.3. The number of nitrogens with two attached hydrogens (primary N) is 1. The van der Waals surface area contributed by atoms with Gasteiger partial charge in [0.25, 0.3) is 0 Å². The van der Waals surface area contributed by atoms with Gasteiger partial charge in [0.1, 0.15) is 0 Å². The minimum Gasteiger partial charge on any atom is -0.321 e. The van der Waals surface area contributed by atoms with E-state index < -0.39 is 0 Å². The Bertz CT molecular complexity index is 419. The van der Waals surface area contributed by atoms with Crippen LogP contribution in [0.25, 0.3) is 0 Å². The maximum atomic E-state index is 6.76. The fourth-order valence-corrected chi connectivity index (χ4v) is 3.35. The first-order valence-corrected chi connectivity index (χ1v) is 7.23. The largest absolute Gasteiger partial charge is 0.321 e. The average molecular weight is 245 g/mol. The molecule has 2 rings (SSSR count). The molecule has 1 nitrogen and oxygen atoms in total. The minimum absolute atomic E-state index is 0.139. The second-order valence-corrected chi connectivity index (χ2v) is 7.01. The second kappa shape index (κ2) is 4.70. The summed E-state index contributed by atoms with van der Waals surface area (Å²) in [6, 6.07) is 8.97. The Morgan fingerprint density at radius 2 is 1.94 bits per heavy atom. The molecule has 0 bridgehead atoms. The zero-order valence-electron chi connectivity index (χ0n) is 12.3. The van der Waals surface area contributed by atoms with Crippen LogP contribution >= 0.6 is 0 Å². The Balaban J connectivity index is 2.33. The van der Waals surface area contributed by atoms with Crippen LogP contribution in [0.5, 0.6) is 0 Å². The van der Waals surface area contributed by atoms with Crippen molar-refractivity contribution in [2.24, 2.45) is 17.1 Å². The molecular weight excluding hydrogens is 218 g/mol. The number of benzene rings is 1. The summed E-state index contributed by atoms with van der Waals surface area (Å²) in [6.45, 7) is 9.17. The first kappa shape index (κ1) is 13.6. The fourth-order valence-electron chi connectivity index (χ4n) is 3.35. The van der Waals surface area contributed by atoms with Gasteiger partial charge in [-0.2, -0.15) is 0 Å². The Morgan fingerprint density at radius 3 is 2.50 bits per heavy atom. The number of hydrogen-bond acceptors (Lipinski definition) is 1. The van der Waals surface area contributed by atoms with E-state index in [0.29, 0.717) is 5.92 Å². The van der Waals surface area contributed by atoms with E-state index in [1.165, 1.54) is 24.0 Å². The van der Waals surface area contributed by atoms with Crippen LogP contribution in [0.2, 0.25) is 0 Å². The summed E-state index contributed by atoms with van der Waals surface area (Å²) in [7, 11) is 0. The highest BCUT2D eigenvalue weighted by Gasteiger charge is 2.46. The Kier molecular flexibility index (Phi) is 3.55. The van der Waals surface area contributed by atoms with Gasteiger partial charge in [-0.05, 0) is 41.7 Å². The summed E-state index contributed by atoms with van der Waals surface area (Å²) in [5.41, 5.74) is 9.59. The number of rotatable bonds is 3. The molecule has 1 saturated carbocycles. The lowest BCUT2D eigenvalue weighted by Gasteiger charge is -2.39. The van der Waals surface area contributed by atoms with Crippen LogP contribution in [0, 0.1) is 11.3 Å². The third-order valence-electron chi connectivity index (χ3n) is 4.67. The van der Waals surface area contributed by atoms with E-state index in [4.69, 9.17) is 5.73 Å². The van der Waals surface area contributed by atoms with E-state index in [0.717, 1.165) is 12.8 Å². The van der Waals surface area contributed by atoms with Crippen molar-refractivity contribution in [3.05, 3.63) is 35.4 Å². The number of hydrogen-bond donors (Lipinski definition) is 1. The molecule has 1 fully saturated rings. The second-order valence-electron chi connectivity index (χ2n) is 7.01. The van der Waals surface area contributed by atoms with Crippen LogP contribution in [0.4, 0.5) is 0 Å². The van der Waals surface area contributed by atoms with E-state index in [1.54, 1.807) is 0 Å². The molecule has 1 aromatic carbocycles. The Labute approximate surface area is 112 Å². The predicted octanol–water partition coefficient (Wildman–Crippen LogP) is 4.25. The Hall–Kier alpha value is -0.820. The van der Waals surface area contributed by atoms with Gasteiger partial charge in [-0.3, -0.25) is 0 Å². The van der Waals surface area contributed by atoms with Crippen molar-refractivity contribution >= 4 is 0 Å². The molecule has 18 heavy (non-hydrogen) atoms. The minimum atomic E-state index is -0.139. The van der Waals surface area contributed by atoms with Crippen molar-refractivity contribution < 1.29 is 0 Å². The Morgan fingerprint density at radius 1 is 1.22 bits per heavy atom. The van der Waals surface area contributed by atoms with E-state index in [-0.39, 0.29) is 11.0 Å². The van der Waals surface area contributed by atoms with E-state index in [1.807, 2.05) is 0 Å². The molecule has 100 valence electrons. The van der Waals surface area contributed by atoms with E-state index >= 15 is 0 Å². The molecule has 0 radical (unpaired) electrons. The predicted molar refractivity (Wildman–Crippen MR) is 78.5 cm³/mol. The lowest BCUT2D eigenvalue weighted by molar-refractivity contribution is 0.210. The van der Waals surface area contributed by atoms with Gasteiger partial charge in [0.15, 0.2) is 0 Å². The highest BCUT2D eigenvalue weighted by atomic mass is 14.8. The molecule has 1 aromatic rings. The molecule has 0 spiro atoms. The van der Waals surface area contributed by atoms with Crippen LogP contribution < -0.4 is 5.73 Å². The van der Waals surface area contributed by atoms with Gasteiger partial charge < -0.3 is 5.73 Å². The summed E-state index contributed by atoms with van der Waals surface area (Å²) in [6.07, 6.45) is 4.74. The van der Waals surface area contributed by atoms with Gasteiger partial charge in [-0.25, -0.2) is 0 Å². The monoisotopic (exact) mass is 245 g/mol. The van der Waals surface area contributed by atoms with Crippen LogP contribution in [-0.4, -0.2) is 0 Å². The van der Waals surface area contributed by atoms with Crippen molar-refractivity contribution in [1.82, 2.24) is 0 Å². The summed E-state index contributed by atoms with van der Waals surface area (Å²) in [4.78, 5) is 0. The molecule has 1 aliphatic carbocycles. The third kappa shape index (κ3) is 2.33. The van der Waals surface area contributed by atoms with Crippen LogP contribution in [-0.2, 0) is 12.0 Å². The molecule has 1 atom stereocenters. The normalized spacial score (nSPS) is 26.8. The summed E-state index contributed by atoms with van der Waals surface area (Å²) in [5.74, 6) is 0.700. The van der Waals surface area contributed by atoms with E-state index in [2.05, 4.69) is 52.0 Å². The first-order valence-electron chi connectivity index (χ1n) is 7.23. The molecule has 0 amide bonds. The van der Waals surface area contributed by atoms with Crippen molar-refractivity contribution in [3.8, 4) is 0 Å². The van der Waals surface area contributed by atoms with Gasteiger partial charge in [0.2, 0.25) is 0 Å².